The molecule has 1 fully saturated rings. The molecule has 1 aromatic rings. The molecule has 1 saturated heterocycles. The molecule has 0 spiro atoms. The number of anilines is 1. The van der Waals surface area contributed by atoms with Crippen molar-refractivity contribution >= 4 is 11.6 Å². The Labute approximate surface area is 108 Å². The summed E-state index contributed by atoms with van der Waals surface area (Å²) in [6.07, 6.45) is 2.20. The summed E-state index contributed by atoms with van der Waals surface area (Å²) >= 11 is 0. The number of rotatable bonds is 3. The van der Waals surface area contributed by atoms with Crippen molar-refractivity contribution in [3.05, 3.63) is 29.8 Å². The zero-order chi connectivity index (χ0) is 13.0. The first kappa shape index (κ1) is 12.9. The number of benzene rings is 1. The molecule has 0 bridgehead atoms. The third-order valence-electron chi connectivity index (χ3n) is 3.64. The van der Waals surface area contributed by atoms with Gasteiger partial charge < -0.3 is 16.4 Å². The predicted molar refractivity (Wildman–Crippen MR) is 73.4 cm³/mol. The normalized spacial score (nSPS) is 18.3. The summed E-state index contributed by atoms with van der Waals surface area (Å²) in [5, 5.41) is 6.35. The molecule has 4 N–H and O–H groups in total. The summed E-state index contributed by atoms with van der Waals surface area (Å²) < 4.78 is 0. The molecule has 0 unspecified atom stereocenters. The molecular weight excluding hydrogens is 226 g/mol. The molecule has 0 radical (unpaired) electrons. The van der Waals surface area contributed by atoms with Gasteiger partial charge in [-0.1, -0.05) is 13.0 Å². The van der Waals surface area contributed by atoms with Gasteiger partial charge >= 0.3 is 0 Å². The van der Waals surface area contributed by atoms with Gasteiger partial charge in [-0.05, 0) is 49.5 Å². The fourth-order valence-electron chi connectivity index (χ4n) is 2.28. The fourth-order valence-corrected chi connectivity index (χ4v) is 2.28. The van der Waals surface area contributed by atoms with Gasteiger partial charge in [0, 0.05) is 17.8 Å². The average molecular weight is 247 g/mol. The molecular formula is C14H21N3O. The number of hydrogen-bond donors (Lipinski definition) is 3. The lowest BCUT2D eigenvalue weighted by atomic mass is 9.81. The Balaban J connectivity index is 1.92. The third-order valence-corrected chi connectivity index (χ3v) is 3.64. The van der Waals surface area contributed by atoms with Crippen LogP contribution in [0.4, 0.5) is 5.69 Å². The molecule has 1 amide bonds. The number of nitrogen functional groups attached to an aromatic ring is 1. The van der Waals surface area contributed by atoms with Crippen molar-refractivity contribution < 1.29 is 4.79 Å². The first-order valence-corrected chi connectivity index (χ1v) is 6.44. The highest BCUT2D eigenvalue weighted by molar-refractivity contribution is 5.94. The molecule has 1 aromatic carbocycles. The van der Waals surface area contributed by atoms with Gasteiger partial charge in [0.05, 0.1) is 0 Å². The Morgan fingerprint density at radius 2 is 2.17 bits per heavy atom. The van der Waals surface area contributed by atoms with Crippen LogP contribution in [0.2, 0.25) is 0 Å². The van der Waals surface area contributed by atoms with Crippen LogP contribution >= 0.6 is 0 Å². The summed E-state index contributed by atoms with van der Waals surface area (Å²) in [4.78, 5) is 12.0. The Hall–Kier alpha value is -1.55. The van der Waals surface area contributed by atoms with Crippen LogP contribution in [0.3, 0.4) is 0 Å². The van der Waals surface area contributed by atoms with E-state index in [-0.39, 0.29) is 11.3 Å². The molecule has 0 atom stereocenters. The van der Waals surface area contributed by atoms with E-state index >= 15 is 0 Å². The minimum Gasteiger partial charge on any atom is -0.399 e. The van der Waals surface area contributed by atoms with Crippen molar-refractivity contribution in [1.82, 2.24) is 10.6 Å². The van der Waals surface area contributed by atoms with Crippen LogP contribution in [-0.2, 0) is 0 Å². The second-order valence-corrected chi connectivity index (χ2v) is 5.37. The molecule has 1 aliphatic rings. The summed E-state index contributed by atoms with van der Waals surface area (Å²) in [7, 11) is 0. The fraction of sp³-hybridized carbons (Fsp3) is 0.500. The van der Waals surface area contributed by atoms with E-state index < -0.39 is 0 Å². The van der Waals surface area contributed by atoms with Gasteiger partial charge in [-0.3, -0.25) is 4.79 Å². The lowest BCUT2D eigenvalue weighted by Gasteiger charge is -2.34. The highest BCUT2D eigenvalue weighted by atomic mass is 16.1. The van der Waals surface area contributed by atoms with Crippen molar-refractivity contribution in [3.63, 3.8) is 0 Å². The topological polar surface area (TPSA) is 67.2 Å². The van der Waals surface area contributed by atoms with E-state index in [2.05, 4.69) is 17.6 Å². The van der Waals surface area contributed by atoms with E-state index in [1.807, 2.05) is 0 Å². The van der Waals surface area contributed by atoms with Crippen molar-refractivity contribution in [2.45, 2.75) is 19.8 Å². The van der Waals surface area contributed by atoms with Gasteiger partial charge in [0.2, 0.25) is 0 Å². The van der Waals surface area contributed by atoms with E-state index in [0.717, 1.165) is 32.5 Å². The predicted octanol–water partition coefficient (Wildman–Crippen LogP) is 1.39. The Bertz CT molecular complexity index is 425. The molecule has 2 rings (SSSR count). The minimum atomic E-state index is -0.0398. The lowest BCUT2D eigenvalue weighted by Crippen LogP contribution is -2.42. The average Bonchev–Trinajstić information content (AvgIpc) is 2.37. The molecule has 4 nitrogen and oxygen atoms in total. The summed E-state index contributed by atoms with van der Waals surface area (Å²) in [6, 6.07) is 7.08. The number of carbonyl (C=O) groups excluding carboxylic acids is 1. The lowest BCUT2D eigenvalue weighted by molar-refractivity contribution is 0.0922. The monoisotopic (exact) mass is 247 g/mol. The van der Waals surface area contributed by atoms with Crippen LogP contribution < -0.4 is 16.4 Å². The number of amides is 1. The van der Waals surface area contributed by atoms with Crippen LogP contribution in [0.25, 0.3) is 0 Å². The van der Waals surface area contributed by atoms with E-state index in [1.165, 1.54) is 0 Å². The number of piperidine rings is 1. The van der Waals surface area contributed by atoms with Gasteiger partial charge in [-0.2, -0.15) is 0 Å². The number of carbonyl (C=O) groups is 1. The first-order chi connectivity index (χ1) is 8.59. The standard InChI is InChI=1S/C14H21N3O/c1-14(5-7-16-8-6-14)10-17-13(18)11-3-2-4-12(15)9-11/h2-4,9,16H,5-8,10,15H2,1H3,(H,17,18). The van der Waals surface area contributed by atoms with Gasteiger partial charge in [0.25, 0.3) is 5.91 Å². The Kier molecular flexibility index (Phi) is 3.87. The number of nitrogens with one attached hydrogen (secondary N) is 2. The van der Waals surface area contributed by atoms with Crippen molar-refractivity contribution in [1.29, 1.82) is 0 Å². The molecule has 98 valence electrons. The van der Waals surface area contributed by atoms with Gasteiger partial charge in [-0.25, -0.2) is 0 Å². The summed E-state index contributed by atoms with van der Waals surface area (Å²) in [5.74, 6) is -0.0398. The smallest absolute Gasteiger partial charge is 0.251 e. The number of hydrogen-bond acceptors (Lipinski definition) is 3. The highest BCUT2D eigenvalue weighted by Gasteiger charge is 2.27. The van der Waals surface area contributed by atoms with Crippen molar-refractivity contribution in [3.8, 4) is 0 Å². The second kappa shape index (κ2) is 5.40. The minimum absolute atomic E-state index is 0.0398. The molecule has 1 heterocycles. The van der Waals surface area contributed by atoms with E-state index in [4.69, 9.17) is 5.73 Å². The molecule has 1 aliphatic heterocycles. The second-order valence-electron chi connectivity index (χ2n) is 5.37. The van der Waals surface area contributed by atoms with E-state index in [0.29, 0.717) is 11.3 Å². The maximum Gasteiger partial charge on any atom is 0.251 e. The van der Waals surface area contributed by atoms with Crippen LogP contribution in [-0.4, -0.2) is 25.5 Å². The van der Waals surface area contributed by atoms with Crippen LogP contribution in [0.5, 0.6) is 0 Å². The van der Waals surface area contributed by atoms with Gasteiger partial charge in [-0.15, -0.1) is 0 Å². The Morgan fingerprint density at radius 3 is 2.83 bits per heavy atom. The zero-order valence-corrected chi connectivity index (χ0v) is 10.8. The molecule has 0 aliphatic carbocycles. The molecule has 18 heavy (non-hydrogen) atoms. The van der Waals surface area contributed by atoms with E-state index in [9.17, 15) is 4.79 Å². The largest absolute Gasteiger partial charge is 0.399 e. The summed E-state index contributed by atoms with van der Waals surface area (Å²) in [5.41, 5.74) is 7.14. The first-order valence-electron chi connectivity index (χ1n) is 6.44. The van der Waals surface area contributed by atoms with Gasteiger partial charge in [0.15, 0.2) is 0 Å². The Morgan fingerprint density at radius 1 is 1.44 bits per heavy atom. The maximum absolute atomic E-state index is 12.0. The molecule has 4 heteroatoms. The zero-order valence-electron chi connectivity index (χ0n) is 10.8. The van der Waals surface area contributed by atoms with Crippen LogP contribution in [0.15, 0.2) is 24.3 Å². The van der Waals surface area contributed by atoms with Crippen molar-refractivity contribution in [2.75, 3.05) is 25.4 Å². The van der Waals surface area contributed by atoms with Crippen LogP contribution in [0.1, 0.15) is 30.1 Å². The van der Waals surface area contributed by atoms with Crippen LogP contribution in [0, 0.1) is 5.41 Å². The van der Waals surface area contributed by atoms with E-state index in [1.54, 1.807) is 24.3 Å². The third kappa shape index (κ3) is 3.23. The molecule has 0 aromatic heterocycles. The SMILES string of the molecule is CC1(CNC(=O)c2cccc(N)c2)CCNCC1. The molecule has 0 saturated carbocycles. The maximum atomic E-state index is 12.0. The van der Waals surface area contributed by atoms with Crippen molar-refractivity contribution in [2.24, 2.45) is 5.41 Å². The summed E-state index contributed by atoms with van der Waals surface area (Å²) in [6.45, 7) is 5.02. The number of nitrogens with two attached hydrogens (primary N) is 1. The highest BCUT2D eigenvalue weighted by Crippen LogP contribution is 2.26. The van der Waals surface area contributed by atoms with Gasteiger partial charge in [0.1, 0.15) is 0 Å². The quantitative estimate of drug-likeness (QED) is 0.707.